The van der Waals surface area contributed by atoms with Crippen LogP contribution in [0.5, 0.6) is 0 Å². The van der Waals surface area contributed by atoms with Crippen LogP contribution in [0.15, 0.2) is 30.3 Å². The van der Waals surface area contributed by atoms with Crippen LogP contribution in [0.4, 0.5) is 0 Å². The number of rotatable bonds is 6. The molecule has 0 aliphatic carbocycles. The van der Waals surface area contributed by atoms with Gasteiger partial charge in [0.15, 0.2) is 0 Å². The fourth-order valence-electron chi connectivity index (χ4n) is 3.48. The van der Waals surface area contributed by atoms with Crippen molar-refractivity contribution in [3.05, 3.63) is 35.9 Å². The molecule has 21 heavy (non-hydrogen) atoms. The van der Waals surface area contributed by atoms with Gasteiger partial charge in [0.2, 0.25) is 0 Å². The van der Waals surface area contributed by atoms with Crippen LogP contribution in [0.1, 0.15) is 24.8 Å². The molecule has 2 aliphatic rings. The molecule has 0 saturated carbocycles. The minimum Gasteiger partial charge on any atom is -0.379 e. The van der Waals surface area contributed by atoms with Crippen LogP contribution in [-0.4, -0.2) is 50.5 Å². The van der Waals surface area contributed by atoms with E-state index in [4.69, 9.17) is 9.47 Å². The Morgan fingerprint density at radius 1 is 1.10 bits per heavy atom. The SMILES string of the molecule is c1ccc(C[C@H](CCN2CCOCC2)[C@@H]2CCCO2)cc1. The molecule has 0 amide bonds. The van der Waals surface area contributed by atoms with E-state index in [-0.39, 0.29) is 0 Å². The first-order chi connectivity index (χ1) is 10.4. The number of benzene rings is 1. The number of ether oxygens (including phenoxy) is 2. The molecule has 1 aromatic rings. The van der Waals surface area contributed by atoms with E-state index in [0.717, 1.165) is 39.3 Å². The number of morpholine rings is 1. The van der Waals surface area contributed by atoms with Gasteiger partial charge in [0.1, 0.15) is 0 Å². The normalized spacial score (nSPS) is 25.0. The molecule has 2 heterocycles. The molecular formula is C18H27NO2. The Kier molecular flexibility index (Phi) is 5.67. The van der Waals surface area contributed by atoms with Crippen LogP contribution >= 0.6 is 0 Å². The molecule has 3 rings (SSSR count). The van der Waals surface area contributed by atoms with E-state index in [9.17, 15) is 0 Å². The second-order valence-electron chi connectivity index (χ2n) is 6.24. The monoisotopic (exact) mass is 289 g/mol. The maximum absolute atomic E-state index is 5.98. The Morgan fingerprint density at radius 2 is 1.90 bits per heavy atom. The van der Waals surface area contributed by atoms with Gasteiger partial charge in [-0.05, 0) is 43.7 Å². The molecule has 116 valence electrons. The van der Waals surface area contributed by atoms with E-state index in [1.54, 1.807) is 0 Å². The van der Waals surface area contributed by atoms with Crippen LogP contribution in [0, 0.1) is 5.92 Å². The first-order valence-corrected chi connectivity index (χ1v) is 8.37. The summed E-state index contributed by atoms with van der Waals surface area (Å²) in [5, 5.41) is 0. The molecule has 0 unspecified atom stereocenters. The lowest BCUT2D eigenvalue weighted by Crippen LogP contribution is -2.38. The fourth-order valence-corrected chi connectivity index (χ4v) is 3.48. The Hall–Kier alpha value is -0.900. The van der Waals surface area contributed by atoms with E-state index in [0.29, 0.717) is 12.0 Å². The summed E-state index contributed by atoms with van der Waals surface area (Å²) in [6.07, 6.45) is 5.31. The molecule has 2 fully saturated rings. The van der Waals surface area contributed by atoms with E-state index < -0.39 is 0 Å². The zero-order valence-corrected chi connectivity index (χ0v) is 12.9. The minimum atomic E-state index is 0.464. The largest absolute Gasteiger partial charge is 0.379 e. The average molecular weight is 289 g/mol. The number of hydrogen-bond acceptors (Lipinski definition) is 3. The third kappa shape index (κ3) is 4.53. The molecular weight excluding hydrogens is 262 g/mol. The molecule has 0 bridgehead atoms. The summed E-state index contributed by atoms with van der Waals surface area (Å²) in [5.74, 6) is 0.651. The van der Waals surface area contributed by atoms with Gasteiger partial charge in [-0.1, -0.05) is 30.3 Å². The summed E-state index contributed by atoms with van der Waals surface area (Å²) in [6, 6.07) is 10.9. The second kappa shape index (κ2) is 7.92. The zero-order chi connectivity index (χ0) is 14.3. The molecule has 1 aromatic carbocycles. The topological polar surface area (TPSA) is 21.7 Å². The van der Waals surface area contributed by atoms with Crippen molar-refractivity contribution < 1.29 is 9.47 Å². The van der Waals surface area contributed by atoms with Crippen molar-refractivity contribution in [2.75, 3.05) is 39.5 Å². The van der Waals surface area contributed by atoms with Gasteiger partial charge in [-0.25, -0.2) is 0 Å². The maximum Gasteiger partial charge on any atom is 0.0607 e. The Labute approximate surface area is 128 Å². The summed E-state index contributed by atoms with van der Waals surface area (Å²) in [5.41, 5.74) is 1.44. The van der Waals surface area contributed by atoms with Crippen LogP contribution in [0.3, 0.4) is 0 Å². The summed E-state index contributed by atoms with van der Waals surface area (Å²) in [7, 11) is 0. The molecule has 3 nitrogen and oxygen atoms in total. The summed E-state index contributed by atoms with van der Waals surface area (Å²) in [6.45, 7) is 6.09. The molecule has 0 aromatic heterocycles. The van der Waals surface area contributed by atoms with Gasteiger partial charge in [-0.3, -0.25) is 4.90 Å². The van der Waals surface area contributed by atoms with Gasteiger partial charge in [0, 0.05) is 19.7 Å². The van der Waals surface area contributed by atoms with Crippen molar-refractivity contribution in [2.45, 2.75) is 31.8 Å². The number of nitrogens with zero attached hydrogens (tertiary/aromatic N) is 1. The van der Waals surface area contributed by atoms with E-state index >= 15 is 0 Å². The Balaban J connectivity index is 1.56. The highest BCUT2D eigenvalue weighted by atomic mass is 16.5. The molecule has 2 aliphatic heterocycles. The average Bonchev–Trinajstić information content (AvgIpc) is 3.08. The van der Waals surface area contributed by atoms with Crippen molar-refractivity contribution >= 4 is 0 Å². The van der Waals surface area contributed by atoms with Crippen LogP contribution in [-0.2, 0) is 15.9 Å². The Bertz CT molecular complexity index is 397. The summed E-state index contributed by atoms with van der Waals surface area (Å²) in [4.78, 5) is 2.54. The predicted molar refractivity (Wildman–Crippen MR) is 84.5 cm³/mol. The lowest BCUT2D eigenvalue weighted by molar-refractivity contribution is 0.0235. The van der Waals surface area contributed by atoms with Crippen LogP contribution < -0.4 is 0 Å². The van der Waals surface area contributed by atoms with Gasteiger partial charge in [0.25, 0.3) is 0 Å². The predicted octanol–water partition coefficient (Wildman–Crippen LogP) is 2.75. The van der Waals surface area contributed by atoms with Crippen molar-refractivity contribution in [1.29, 1.82) is 0 Å². The van der Waals surface area contributed by atoms with Gasteiger partial charge < -0.3 is 9.47 Å². The highest BCUT2D eigenvalue weighted by molar-refractivity contribution is 5.15. The fraction of sp³-hybridized carbons (Fsp3) is 0.667. The zero-order valence-electron chi connectivity index (χ0n) is 12.9. The molecule has 0 radical (unpaired) electrons. The highest BCUT2D eigenvalue weighted by Crippen LogP contribution is 2.26. The van der Waals surface area contributed by atoms with Gasteiger partial charge in [0.05, 0.1) is 19.3 Å². The lowest BCUT2D eigenvalue weighted by atomic mass is 9.89. The van der Waals surface area contributed by atoms with Crippen LogP contribution in [0.25, 0.3) is 0 Å². The van der Waals surface area contributed by atoms with Crippen molar-refractivity contribution in [3.63, 3.8) is 0 Å². The first-order valence-electron chi connectivity index (χ1n) is 8.37. The third-order valence-electron chi connectivity index (χ3n) is 4.75. The van der Waals surface area contributed by atoms with Crippen molar-refractivity contribution in [2.24, 2.45) is 5.92 Å². The van der Waals surface area contributed by atoms with Crippen molar-refractivity contribution in [3.8, 4) is 0 Å². The maximum atomic E-state index is 5.98. The minimum absolute atomic E-state index is 0.464. The summed E-state index contributed by atoms with van der Waals surface area (Å²) >= 11 is 0. The Morgan fingerprint density at radius 3 is 2.62 bits per heavy atom. The molecule has 0 spiro atoms. The van der Waals surface area contributed by atoms with E-state index in [1.807, 2.05) is 0 Å². The molecule has 2 saturated heterocycles. The van der Waals surface area contributed by atoms with Crippen molar-refractivity contribution in [1.82, 2.24) is 4.90 Å². The third-order valence-corrected chi connectivity index (χ3v) is 4.75. The molecule has 3 heteroatoms. The molecule has 0 N–H and O–H groups in total. The van der Waals surface area contributed by atoms with Gasteiger partial charge >= 0.3 is 0 Å². The van der Waals surface area contributed by atoms with Gasteiger partial charge in [-0.2, -0.15) is 0 Å². The second-order valence-corrected chi connectivity index (χ2v) is 6.24. The van der Waals surface area contributed by atoms with E-state index in [2.05, 4.69) is 35.2 Å². The quantitative estimate of drug-likeness (QED) is 0.804. The lowest BCUT2D eigenvalue weighted by Gasteiger charge is -2.30. The first kappa shape index (κ1) is 15.0. The molecule has 2 atom stereocenters. The van der Waals surface area contributed by atoms with Crippen LogP contribution in [0.2, 0.25) is 0 Å². The number of hydrogen-bond donors (Lipinski definition) is 0. The summed E-state index contributed by atoms with van der Waals surface area (Å²) < 4.78 is 11.4. The highest BCUT2D eigenvalue weighted by Gasteiger charge is 2.26. The standard InChI is InChI=1S/C18H27NO2/c1-2-5-16(6-3-1)15-17(18-7-4-12-21-18)8-9-19-10-13-20-14-11-19/h1-3,5-6,17-18H,4,7-15H2/t17-,18-/m0/s1. The van der Waals surface area contributed by atoms with E-state index in [1.165, 1.54) is 31.4 Å². The smallest absolute Gasteiger partial charge is 0.0607 e. The van der Waals surface area contributed by atoms with Gasteiger partial charge in [-0.15, -0.1) is 0 Å².